The third kappa shape index (κ3) is 3.50. The number of benzene rings is 1. The van der Waals surface area contributed by atoms with E-state index in [2.05, 4.69) is 20.3 Å². The van der Waals surface area contributed by atoms with Crippen LogP contribution >= 0.6 is 11.8 Å². The van der Waals surface area contributed by atoms with Crippen LogP contribution in [-0.4, -0.2) is 24.9 Å². The van der Waals surface area contributed by atoms with Crippen LogP contribution in [0, 0.1) is 5.82 Å². The fourth-order valence-corrected chi connectivity index (χ4v) is 2.80. The fraction of sp³-hybridized carbons (Fsp3) is 0.286. The van der Waals surface area contributed by atoms with Crippen LogP contribution in [0.1, 0.15) is 19.2 Å². The first kappa shape index (κ1) is 15.5. The van der Waals surface area contributed by atoms with E-state index in [0.717, 1.165) is 6.42 Å². The SMILES string of the molecule is CCCn1c(SCc2noc(-c3ccc(F)cc3)n2)n[nH]c1=O. The minimum atomic E-state index is -0.323. The highest BCUT2D eigenvalue weighted by Gasteiger charge is 2.12. The Morgan fingerprint density at radius 1 is 1.35 bits per heavy atom. The van der Waals surface area contributed by atoms with Crippen molar-refractivity contribution >= 4 is 11.8 Å². The van der Waals surface area contributed by atoms with E-state index in [1.165, 1.54) is 23.9 Å². The molecule has 0 aliphatic carbocycles. The first-order chi connectivity index (χ1) is 11.2. The topological polar surface area (TPSA) is 89.6 Å². The highest BCUT2D eigenvalue weighted by atomic mass is 32.2. The second kappa shape index (κ2) is 6.78. The van der Waals surface area contributed by atoms with Gasteiger partial charge in [0.2, 0.25) is 0 Å². The highest BCUT2D eigenvalue weighted by Crippen LogP contribution is 2.21. The van der Waals surface area contributed by atoms with E-state index >= 15 is 0 Å². The third-order valence-electron chi connectivity index (χ3n) is 3.06. The number of aromatic nitrogens is 5. The molecule has 7 nitrogen and oxygen atoms in total. The number of halogens is 1. The van der Waals surface area contributed by atoms with Crippen LogP contribution in [0.5, 0.6) is 0 Å². The first-order valence-corrected chi connectivity index (χ1v) is 8.02. The normalized spacial score (nSPS) is 11.0. The van der Waals surface area contributed by atoms with Gasteiger partial charge in [-0.2, -0.15) is 4.98 Å². The molecular weight excluding hydrogens is 321 g/mol. The van der Waals surface area contributed by atoms with Gasteiger partial charge in [0, 0.05) is 12.1 Å². The van der Waals surface area contributed by atoms with E-state index in [4.69, 9.17) is 4.52 Å². The van der Waals surface area contributed by atoms with Crippen molar-refractivity contribution in [3.05, 3.63) is 46.4 Å². The average molecular weight is 335 g/mol. The van der Waals surface area contributed by atoms with Crippen LogP contribution in [0.15, 0.2) is 38.7 Å². The maximum Gasteiger partial charge on any atom is 0.343 e. The van der Waals surface area contributed by atoms with Gasteiger partial charge in [0.05, 0.1) is 5.75 Å². The maximum atomic E-state index is 12.9. The summed E-state index contributed by atoms with van der Waals surface area (Å²) in [5.74, 6) is 0.900. The van der Waals surface area contributed by atoms with E-state index in [9.17, 15) is 9.18 Å². The second-order valence-corrected chi connectivity index (χ2v) is 5.72. The second-order valence-electron chi connectivity index (χ2n) is 4.77. The van der Waals surface area contributed by atoms with Gasteiger partial charge in [-0.15, -0.1) is 5.10 Å². The Kier molecular flexibility index (Phi) is 4.56. The lowest BCUT2D eigenvalue weighted by atomic mass is 10.2. The van der Waals surface area contributed by atoms with Gasteiger partial charge in [0.25, 0.3) is 5.89 Å². The molecular formula is C14H14FN5O2S. The summed E-state index contributed by atoms with van der Waals surface area (Å²) in [6.07, 6.45) is 0.837. The summed E-state index contributed by atoms with van der Waals surface area (Å²) < 4.78 is 19.7. The first-order valence-electron chi connectivity index (χ1n) is 7.04. The molecule has 0 aliphatic heterocycles. The van der Waals surface area contributed by atoms with Gasteiger partial charge in [-0.3, -0.25) is 4.57 Å². The van der Waals surface area contributed by atoms with Crippen LogP contribution in [0.25, 0.3) is 11.5 Å². The molecule has 0 fully saturated rings. The van der Waals surface area contributed by atoms with E-state index in [-0.39, 0.29) is 11.5 Å². The predicted octanol–water partition coefficient (Wildman–Crippen LogP) is 2.46. The Labute approximate surface area is 134 Å². The molecule has 2 heterocycles. The summed E-state index contributed by atoms with van der Waals surface area (Å²) in [7, 11) is 0. The van der Waals surface area contributed by atoms with Crippen LogP contribution in [0.2, 0.25) is 0 Å². The van der Waals surface area contributed by atoms with E-state index < -0.39 is 0 Å². The van der Waals surface area contributed by atoms with Gasteiger partial charge in [0.1, 0.15) is 5.82 Å². The smallest absolute Gasteiger partial charge is 0.334 e. The van der Waals surface area contributed by atoms with Gasteiger partial charge in [-0.25, -0.2) is 14.3 Å². The van der Waals surface area contributed by atoms with Crippen molar-refractivity contribution in [3.8, 4) is 11.5 Å². The van der Waals surface area contributed by atoms with Crippen molar-refractivity contribution in [2.75, 3.05) is 0 Å². The number of nitrogens with one attached hydrogen (secondary N) is 1. The molecule has 0 saturated heterocycles. The lowest BCUT2D eigenvalue weighted by Crippen LogP contribution is -2.17. The molecule has 0 spiro atoms. The average Bonchev–Trinajstić information content (AvgIpc) is 3.15. The molecule has 2 aromatic heterocycles. The molecule has 23 heavy (non-hydrogen) atoms. The molecule has 0 aliphatic rings. The molecule has 0 atom stereocenters. The largest absolute Gasteiger partial charge is 0.343 e. The van der Waals surface area contributed by atoms with Crippen LogP contribution < -0.4 is 5.69 Å². The fourth-order valence-electron chi connectivity index (χ4n) is 1.99. The van der Waals surface area contributed by atoms with Crippen LogP contribution in [0.4, 0.5) is 4.39 Å². The zero-order valence-corrected chi connectivity index (χ0v) is 13.1. The Morgan fingerprint density at radius 2 is 2.13 bits per heavy atom. The molecule has 0 saturated carbocycles. The van der Waals surface area contributed by atoms with Crippen molar-refractivity contribution in [2.24, 2.45) is 0 Å². The van der Waals surface area contributed by atoms with Crippen molar-refractivity contribution in [1.29, 1.82) is 0 Å². The minimum absolute atomic E-state index is 0.227. The van der Waals surface area contributed by atoms with Gasteiger partial charge in [-0.05, 0) is 30.7 Å². The lowest BCUT2D eigenvalue weighted by molar-refractivity contribution is 0.425. The van der Waals surface area contributed by atoms with E-state index in [0.29, 0.717) is 34.7 Å². The molecule has 3 rings (SSSR count). The van der Waals surface area contributed by atoms with Crippen LogP contribution in [-0.2, 0) is 12.3 Å². The number of hydrogen-bond donors (Lipinski definition) is 1. The molecule has 0 bridgehead atoms. The Hall–Kier alpha value is -2.42. The minimum Gasteiger partial charge on any atom is -0.334 e. The summed E-state index contributed by atoms with van der Waals surface area (Å²) in [6.45, 7) is 2.59. The Balaban J connectivity index is 1.70. The monoisotopic (exact) mass is 335 g/mol. The van der Waals surface area contributed by atoms with Gasteiger partial charge in [0.15, 0.2) is 11.0 Å². The number of thioether (sulfide) groups is 1. The Morgan fingerprint density at radius 3 is 2.87 bits per heavy atom. The van der Waals surface area contributed by atoms with Gasteiger partial charge < -0.3 is 4.52 Å². The van der Waals surface area contributed by atoms with Gasteiger partial charge >= 0.3 is 5.69 Å². The highest BCUT2D eigenvalue weighted by molar-refractivity contribution is 7.98. The van der Waals surface area contributed by atoms with Gasteiger partial charge in [-0.1, -0.05) is 23.8 Å². The zero-order chi connectivity index (χ0) is 16.2. The quantitative estimate of drug-likeness (QED) is 0.696. The van der Waals surface area contributed by atoms with Crippen molar-refractivity contribution in [3.63, 3.8) is 0 Å². The number of nitrogens with zero attached hydrogens (tertiary/aromatic N) is 4. The summed E-state index contributed by atoms with van der Waals surface area (Å²) in [4.78, 5) is 15.9. The maximum absolute atomic E-state index is 12.9. The number of hydrogen-bond acceptors (Lipinski definition) is 6. The van der Waals surface area contributed by atoms with Crippen molar-refractivity contribution < 1.29 is 8.91 Å². The molecule has 0 unspecified atom stereocenters. The Bertz CT molecular complexity index is 839. The molecule has 9 heteroatoms. The molecule has 0 radical (unpaired) electrons. The zero-order valence-electron chi connectivity index (χ0n) is 12.3. The molecule has 3 aromatic rings. The lowest BCUT2D eigenvalue weighted by Gasteiger charge is -2.01. The summed E-state index contributed by atoms with van der Waals surface area (Å²) in [5.41, 5.74) is 0.423. The van der Waals surface area contributed by atoms with Crippen molar-refractivity contribution in [1.82, 2.24) is 24.9 Å². The standard InChI is InChI=1S/C14H14FN5O2S/c1-2-7-20-13(21)17-18-14(20)23-8-11-16-12(22-19-11)9-3-5-10(15)6-4-9/h3-6H,2,7-8H2,1H3,(H,17,21). The molecule has 1 aromatic carbocycles. The third-order valence-corrected chi connectivity index (χ3v) is 4.03. The number of aromatic amines is 1. The summed E-state index contributed by atoms with van der Waals surface area (Å²) in [6, 6.07) is 5.82. The summed E-state index contributed by atoms with van der Waals surface area (Å²) >= 11 is 1.35. The van der Waals surface area contributed by atoms with E-state index in [1.54, 1.807) is 16.7 Å². The molecule has 120 valence electrons. The summed E-state index contributed by atoms with van der Waals surface area (Å²) in [5, 5.41) is 10.9. The molecule has 1 N–H and O–H groups in total. The van der Waals surface area contributed by atoms with E-state index in [1.807, 2.05) is 6.92 Å². The van der Waals surface area contributed by atoms with Crippen LogP contribution in [0.3, 0.4) is 0 Å². The number of H-pyrrole nitrogens is 1. The van der Waals surface area contributed by atoms with Crippen molar-refractivity contribution in [2.45, 2.75) is 30.8 Å². The number of rotatable bonds is 6. The molecule has 0 amide bonds. The predicted molar refractivity (Wildman–Crippen MR) is 82.4 cm³/mol.